The van der Waals surface area contributed by atoms with Crippen LogP contribution in [-0.4, -0.2) is 61.3 Å². The zero-order chi connectivity index (χ0) is 27.6. The SMILES string of the molecule is CC[C@@]1(O)C(=O)OCc2c1cc1n(c2=O)Cc2cc3c(O)c(CN4CCCCC4N4CCCCC4)ccc3nc2-1. The minimum Gasteiger partial charge on any atom is -0.507 e. The molecule has 9 heteroatoms. The Hall–Kier alpha value is -3.27. The first-order valence-corrected chi connectivity index (χ1v) is 14.7. The van der Waals surface area contributed by atoms with Gasteiger partial charge in [0.25, 0.3) is 5.56 Å². The molecule has 9 nitrogen and oxygen atoms in total. The summed E-state index contributed by atoms with van der Waals surface area (Å²) in [6.45, 7) is 5.88. The molecule has 40 heavy (non-hydrogen) atoms. The van der Waals surface area contributed by atoms with E-state index >= 15 is 0 Å². The van der Waals surface area contributed by atoms with E-state index in [0.717, 1.165) is 30.8 Å². The Bertz CT molecular complexity index is 1580. The molecule has 2 saturated heterocycles. The molecule has 210 valence electrons. The van der Waals surface area contributed by atoms with Crippen LogP contribution in [0, 0.1) is 0 Å². The van der Waals surface area contributed by atoms with Crippen molar-refractivity contribution in [1.82, 2.24) is 19.4 Å². The maximum Gasteiger partial charge on any atom is 0.343 e. The number of pyridine rings is 2. The van der Waals surface area contributed by atoms with Crippen LogP contribution in [0.4, 0.5) is 0 Å². The number of phenols is 1. The number of nitrogens with zero attached hydrogens (tertiary/aromatic N) is 4. The monoisotopic (exact) mass is 544 g/mol. The molecule has 0 spiro atoms. The third-order valence-corrected chi connectivity index (χ3v) is 9.51. The Balaban J connectivity index is 1.25. The van der Waals surface area contributed by atoms with Gasteiger partial charge in [-0.05, 0) is 76.4 Å². The zero-order valence-electron chi connectivity index (χ0n) is 23.0. The van der Waals surface area contributed by atoms with Gasteiger partial charge in [0, 0.05) is 28.6 Å². The smallest absolute Gasteiger partial charge is 0.343 e. The molecular weight excluding hydrogens is 508 g/mol. The molecule has 7 rings (SSSR count). The average molecular weight is 545 g/mol. The highest BCUT2D eigenvalue weighted by atomic mass is 16.6. The third-order valence-electron chi connectivity index (χ3n) is 9.51. The highest BCUT2D eigenvalue weighted by Crippen LogP contribution is 2.40. The molecule has 1 unspecified atom stereocenters. The molecule has 4 aliphatic heterocycles. The summed E-state index contributed by atoms with van der Waals surface area (Å²) in [6.07, 6.45) is 7.96. The number of cyclic esters (lactones) is 1. The van der Waals surface area contributed by atoms with Crippen molar-refractivity contribution in [2.75, 3.05) is 19.6 Å². The summed E-state index contributed by atoms with van der Waals surface area (Å²) in [5.74, 6) is -0.483. The van der Waals surface area contributed by atoms with Crippen LogP contribution in [0.25, 0.3) is 22.3 Å². The first-order chi connectivity index (χ1) is 19.4. The average Bonchev–Trinajstić information content (AvgIpc) is 3.34. The van der Waals surface area contributed by atoms with E-state index in [9.17, 15) is 19.8 Å². The van der Waals surface area contributed by atoms with Crippen LogP contribution in [0.3, 0.4) is 0 Å². The minimum absolute atomic E-state index is 0.103. The van der Waals surface area contributed by atoms with Gasteiger partial charge < -0.3 is 19.5 Å². The second kappa shape index (κ2) is 9.68. The van der Waals surface area contributed by atoms with Crippen LogP contribution in [0.1, 0.15) is 74.1 Å². The standard InChI is InChI=1S/C31H36N4O5/c1-2-31(39)23-15-25-27-20(17-35(25)29(37)22(23)18-40-30(31)38)14-21-24(32-27)10-9-19(28(21)36)16-34-13-7-4-8-26(34)33-11-5-3-6-12-33/h9-10,14-15,26,36,39H,2-8,11-13,16-18H2,1H3/t26?,31-/m0/s1. The van der Waals surface area contributed by atoms with Gasteiger partial charge in [0.2, 0.25) is 0 Å². The number of likely N-dealkylation sites (tertiary alicyclic amines) is 2. The van der Waals surface area contributed by atoms with Gasteiger partial charge in [-0.3, -0.25) is 14.6 Å². The maximum atomic E-state index is 13.5. The molecule has 0 amide bonds. The Morgan fingerprint density at radius 2 is 1.88 bits per heavy atom. The van der Waals surface area contributed by atoms with E-state index in [2.05, 4.69) is 9.80 Å². The fourth-order valence-electron chi connectivity index (χ4n) is 7.22. The molecule has 2 N–H and O–H groups in total. The lowest BCUT2D eigenvalue weighted by atomic mass is 9.86. The fraction of sp³-hybridized carbons (Fsp3) is 0.516. The number of hydrogen-bond acceptors (Lipinski definition) is 8. The number of ether oxygens (including phenoxy) is 1. The number of aliphatic hydroxyl groups is 1. The number of carbonyl (C=O) groups excluding carboxylic acids is 1. The first kappa shape index (κ1) is 25.7. The topological polar surface area (TPSA) is 108 Å². The maximum absolute atomic E-state index is 13.5. The third kappa shape index (κ3) is 3.89. The Morgan fingerprint density at radius 1 is 1.07 bits per heavy atom. The van der Waals surface area contributed by atoms with E-state index in [-0.39, 0.29) is 24.3 Å². The second-order valence-corrected chi connectivity index (χ2v) is 11.8. The first-order valence-electron chi connectivity index (χ1n) is 14.7. The highest BCUT2D eigenvalue weighted by molar-refractivity contribution is 5.90. The number of hydrogen-bond donors (Lipinski definition) is 2. The van der Waals surface area contributed by atoms with Gasteiger partial charge in [-0.2, -0.15) is 0 Å². The number of esters is 1. The number of rotatable bonds is 4. The van der Waals surface area contributed by atoms with Crippen molar-refractivity contribution in [3.05, 3.63) is 56.9 Å². The lowest BCUT2D eigenvalue weighted by molar-refractivity contribution is -0.172. The highest BCUT2D eigenvalue weighted by Gasteiger charge is 2.45. The van der Waals surface area contributed by atoms with Gasteiger partial charge in [0.05, 0.1) is 35.2 Å². The number of benzene rings is 1. The molecule has 3 aromatic rings. The quantitative estimate of drug-likeness (QED) is 0.376. The predicted octanol–water partition coefficient (Wildman–Crippen LogP) is 3.58. The summed E-state index contributed by atoms with van der Waals surface area (Å²) < 4.78 is 6.80. The van der Waals surface area contributed by atoms with Gasteiger partial charge in [-0.15, -0.1) is 0 Å². The van der Waals surface area contributed by atoms with Crippen molar-refractivity contribution in [1.29, 1.82) is 0 Å². The summed E-state index contributed by atoms with van der Waals surface area (Å²) >= 11 is 0. The zero-order valence-corrected chi connectivity index (χ0v) is 23.0. The Kier molecular flexibility index (Phi) is 6.21. The van der Waals surface area contributed by atoms with E-state index in [1.807, 2.05) is 18.2 Å². The lowest BCUT2D eigenvalue weighted by Gasteiger charge is -2.44. The molecule has 0 aliphatic carbocycles. The summed E-state index contributed by atoms with van der Waals surface area (Å²) in [5.41, 5.74) is 2.06. The second-order valence-electron chi connectivity index (χ2n) is 11.8. The molecule has 4 aliphatic rings. The number of phenolic OH excluding ortho intramolecular Hbond substituents is 1. The van der Waals surface area contributed by atoms with Crippen LogP contribution in [0.2, 0.25) is 0 Å². The van der Waals surface area contributed by atoms with E-state index in [4.69, 9.17) is 9.72 Å². The normalized spacial score (nSPS) is 24.9. The molecule has 2 aromatic heterocycles. The number of fused-ring (bicyclic) bond motifs is 5. The largest absolute Gasteiger partial charge is 0.507 e. The summed E-state index contributed by atoms with van der Waals surface area (Å²) in [4.78, 5) is 35.9. The van der Waals surface area contributed by atoms with Crippen molar-refractivity contribution in [2.45, 2.75) is 83.3 Å². The van der Waals surface area contributed by atoms with Crippen molar-refractivity contribution >= 4 is 16.9 Å². The van der Waals surface area contributed by atoms with Gasteiger partial charge in [-0.1, -0.05) is 19.4 Å². The van der Waals surface area contributed by atoms with Crippen LogP contribution >= 0.6 is 0 Å². The molecule has 2 fully saturated rings. The van der Waals surface area contributed by atoms with Crippen molar-refractivity contribution in [2.24, 2.45) is 0 Å². The predicted molar refractivity (Wildman–Crippen MR) is 150 cm³/mol. The fourth-order valence-corrected chi connectivity index (χ4v) is 7.22. The van der Waals surface area contributed by atoms with Crippen LogP contribution in [0.15, 0.2) is 29.1 Å². The Morgan fingerprint density at radius 3 is 2.67 bits per heavy atom. The van der Waals surface area contributed by atoms with Gasteiger partial charge in [-0.25, -0.2) is 9.78 Å². The van der Waals surface area contributed by atoms with Gasteiger partial charge >= 0.3 is 5.97 Å². The molecule has 1 aromatic carbocycles. The number of carbonyl (C=O) groups is 1. The van der Waals surface area contributed by atoms with Crippen LogP contribution in [-0.2, 0) is 34.8 Å². The van der Waals surface area contributed by atoms with Crippen molar-refractivity contribution < 1.29 is 19.7 Å². The molecule has 2 atom stereocenters. The number of aromatic hydroxyl groups is 1. The summed E-state index contributed by atoms with van der Waals surface area (Å²) in [6, 6.07) is 7.58. The molecule has 6 heterocycles. The molecular formula is C31H36N4O5. The van der Waals surface area contributed by atoms with E-state index in [1.54, 1.807) is 17.6 Å². The van der Waals surface area contributed by atoms with E-state index in [1.165, 1.54) is 38.5 Å². The molecule has 0 bridgehead atoms. The summed E-state index contributed by atoms with van der Waals surface area (Å²) in [7, 11) is 0. The van der Waals surface area contributed by atoms with Crippen LogP contribution in [0.5, 0.6) is 5.75 Å². The summed E-state index contributed by atoms with van der Waals surface area (Å²) in [5, 5.41) is 23.2. The number of piperidine rings is 2. The lowest BCUT2D eigenvalue weighted by Crippen LogP contribution is -2.52. The molecule has 0 radical (unpaired) electrons. The number of aromatic nitrogens is 2. The van der Waals surface area contributed by atoms with E-state index in [0.29, 0.717) is 52.7 Å². The Labute approximate surface area is 233 Å². The van der Waals surface area contributed by atoms with Crippen molar-refractivity contribution in [3.8, 4) is 17.1 Å². The minimum atomic E-state index is -1.85. The van der Waals surface area contributed by atoms with E-state index < -0.39 is 11.6 Å². The molecule has 0 saturated carbocycles. The van der Waals surface area contributed by atoms with Crippen molar-refractivity contribution in [3.63, 3.8) is 0 Å². The van der Waals surface area contributed by atoms with Crippen LogP contribution < -0.4 is 5.56 Å². The van der Waals surface area contributed by atoms with Gasteiger partial charge in [0.15, 0.2) is 5.60 Å². The van der Waals surface area contributed by atoms with Gasteiger partial charge in [0.1, 0.15) is 12.4 Å².